The monoisotopic (exact) mass is 210 g/mol. The van der Waals surface area contributed by atoms with Crippen molar-refractivity contribution in [2.24, 2.45) is 0 Å². The molecule has 80 valence electrons. The van der Waals surface area contributed by atoms with Crippen LogP contribution in [0.4, 0.5) is 0 Å². The Balaban J connectivity index is -0.000000500. The lowest BCUT2D eigenvalue weighted by Gasteiger charge is -2.06. The number of ether oxygens (including phenoxy) is 1. The number of carbonyl (C=O) groups is 1. The van der Waals surface area contributed by atoms with Gasteiger partial charge in [0.2, 0.25) is 0 Å². The Labute approximate surface area is 85.9 Å². The van der Waals surface area contributed by atoms with Gasteiger partial charge in [-0.15, -0.1) is 12.4 Å². The maximum Gasteiger partial charge on any atom is 0.335 e. The first kappa shape index (κ1) is 18.1. The molecule has 0 aromatic rings. The standard InChI is InChI=1S/C8H15NO2.ClH.H3N/c1-5-11-8(10)7(2)6-9(3)4;;/h6H,5H2,1-4H3;1H;1H3. The molecule has 4 nitrogen and oxygen atoms in total. The highest BCUT2D eigenvalue weighted by Gasteiger charge is 2.03. The molecule has 0 bridgehead atoms. The van der Waals surface area contributed by atoms with Crippen molar-refractivity contribution >= 4 is 18.4 Å². The Morgan fingerprint density at radius 2 is 1.92 bits per heavy atom. The highest BCUT2D eigenvalue weighted by atomic mass is 35.5. The first-order valence-electron chi connectivity index (χ1n) is 3.60. The van der Waals surface area contributed by atoms with Gasteiger partial charge in [-0.2, -0.15) is 0 Å². The minimum absolute atomic E-state index is 0. The lowest BCUT2D eigenvalue weighted by Crippen LogP contribution is -2.10. The van der Waals surface area contributed by atoms with Gasteiger partial charge in [-0.25, -0.2) is 4.79 Å². The number of hydrogen-bond acceptors (Lipinski definition) is 4. The van der Waals surface area contributed by atoms with Gasteiger partial charge in [0, 0.05) is 25.9 Å². The molecule has 0 aliphatic carbocycles. The number of hydrogen-bond donors (Lipinski definition) is 1. The fourth-order valence-electron chi connectivity index (χ4n) is 0.685. The van der Waals surface area contributed by atoms with Crippen LogP contribution in [0.5, 0.6) is 0 Å². The second-order valence-corrected chi connectivity index (χ2v) is 2.50. The molecule has 0 saturated carbocycles. The summed E-state index contributed by atoms with van der Waals surface area (Å²) < 4.78 is 4.77. The molecule has 0 rings (SSSR count). The third kappa shape index (κ3) is 9.17. The zero-order valence-electron chi connectivity index (χ0n) is 8.66. The van der Waals surface area contributed by atoms with Crippen molar-refractivity contribution in [3.8, 4) is 0 Å². The number of halogens is 1. The third-order valence-corrected chi connectivity index (χ3v) is 1.05. The van der Waals surface area contributed by atoms with Crippen molar-refractivity contribution in [3.05, 3.63) is 11.8 Å². The molecule has 0 aromatic heterocycles. The van der Waals surface area contributed by atoms with E-state index in [2.05, 4.69) is 0 Å². The third-order valence-electron chi connectivity index (χ3n) is 1.05. The Kier molecular flexibility index (Phi) is 13.0. The van der Waals surface area contributed by atoms with Crippen LogP contribution >= 0.6 is 12.4 Å². The molecule has 5 heteroatoms. The average molecular weight is 211 g/mol. The Morgan fingerprint density at radius 3 is 2.23 bits per heavy atom. The summed E-state index contributed by atoms with van der Waals surface area (Å²) >= 11 is 0. The molecule has 0 atom stereocenters. The van der Waals surface area contributed by atoms with Crippen LogP contribution in [-0.4, -0.2) is 31.6 Å². The van der Waals surface area contributed by atoms with Crippen molar-refractivity contribution < 1.29 is 9.53 Å². The summed E-state index contributed by atoms with van der Waals surface area (Å²) in [6, 6.07) is 0. The summed E-state index contributed by atoms with van der Waals surface area (Å²) in [6.45, 7) is 3.95. The minimum atomic E-state index is -0.249. The van der Waals surface area contributed by atoms with E-state index >= 15 is 0 Å². The molecule has 0 saturated heterocycles. The van der Waals surface area contributed by atoms with Crippen LogP contribution in [0.15, 0.2) is 11.8 Å². The molecular weight excluding hydrogens is 192 g/mol. The SMILES string of the molecule is CCOC(=O)C(C)=CN(C)C.Cl.N. The van der Waals surface area contributed by atoms with E-state index in [-0.39, 0.29) is 24.5 Å². The van der Waals surface area contributed by atoms with Crippen LogP contribution in [0.3, 0.4) is 0 Å². The molecule has 0 spiro atoms. The van der Waals surface area contributed by atoms with Crippen LogP contribution in [0, 0.1) is 0 Å². The average Bonchev–Trinajstić information content (AvgIpc) is 1.86. The largest absolute Gasteiger partial charge is 0.463 e. The topological polar surface area (TPSA) is 64.5 Å². The zero-order chi connectivity index (χ0) is 8.85. The van der Waals surface area contributed by atoms with Gasteiger partial charge in [0.25, 0.3) is 0 Å². The minimum Gasteiger partial charge on any atom is -0.463 e. The van der Waals surface area contributed by atoms with E-state index < -0.39 is 0 Å². The summed E-state index contributed by atoms with van der Waals surface area (Å²) in [5.74, 6) is -0.249. The van der Waals surface area contributed by atoms with Gasteiger partial charge in [0.05, 0.1) is 6.61 Å². The fourth-order valence-corrected chi connectivity index (χ4v) is 0.685. The van der Waals surface area contributed by atoms with Crippen LogP contribution in [-0.2, 0) is 9.53 Å². The van der Waals surface area contributed by atoms with Gasteiger partial charge in [-0.05, 0) is 13.8 Å². The van der Waals surface area contributed by atoms with Crippen molar-refractivity contribution in [1.29, 1.82) is 0 Å². The van der Waals surface area contributed by atoms with Gasteiger partial charge in [-0.3, -0.25) is 0 Å². The quantitative estimate of drug-likeness (QED) is 0.568. The molecule has 0 unspecified atom stereocenters. The Morgan fingerprint density at radius 1 is 1.46 bits per heavy atom. The van der Waals surface area contributed by atoms with Crippen LogP contribution in [0.25, 0.3) is 0 Å². The normalized spacial score (nSPS) is 9.38. The smallest absolute Gasteiger partial charge is 0.335 e. The maximum absolute atomic E-state index is 11.0. The Hall–Kier alpha value is -0.740. The van der Waals surface area contributed by atoms with Crippen molar-refractivity contribution in [2.75, 3.05) is 20.7 Å². The van der Waals surface area contributed by atoms with Crippen molar-refractivity contribution in [3.63, 3.8) is 0 Å². The molecule has 13 heavy (non-hydrogen) atoms. The predicted molar refractivity (Wildman–Crippen MR) is 56.3 cm³/mol. The van der Waals surface area contributed by atoms with E-state index in [1.807, 2.05) is 19.0 Å². The van der Waals surface area contributed by atoms with Gasteiger partial charge >= 0.3 is 5.97 Å². The first-order valence-corrected chi connectivity index (χ1v) is 3.60. The second kappa shape index (κ2) is 9.35. The molecule has 0 amide bonds. The second-order valence-electron chi connectivity index (χ2n) is 2.50. The van der Waals surface area contributed by atoms with E-state index in [0.29, 0.717) is 12.2 Å². The highest BCUT2D eigenvalue weighted by Crippen LogP contribution is 1.96. The van der Waals surface area contributed by atoms with E-state index in [0.717, 1.165) is 0 Å². The molecule has 0 aromatic carbocycles. The van der Waals surface area contributed by atoms with Gasteiger partial charge < -0.3 is 15.8 Å². The summed E-state index contributed by atoms with van der Waals surface area (Å²) in [4.78, 5) is 12.8. The number of nitrogens with zero attached hydrogens (tertiary/aromatic N) is 1. The van der Waals surface area contributed by atoms with Crippen LogP contribution < -0.4 is 6.15 Å². The highest BCUT2D eigenvalue weighted by molar-refractivity contribution is 5.87. The lowest BCUT2D eigenvalue weighted by molar-refractivity contribution is -0.138. The molecule has 0 heterocycles. The van der Waals surface area contributed by atoms with E-state index in [9.17, 15) is 4.79 Å². The molecule has 0 aliphatic rings. The van der Waals surface area contributed by atoms with E-state index in [4.69, 9.17) is 4.74 Å². The van der Waals surface area contributed by atoms with Gasteiger partial charge in [0.1, 0.15) is 0 Å². The van der Waals surface area contributed by atoms with Gasteiger partial charge in [-0.1, -0.05) is 0 Å². The summed E-state index contributed by atoms with van der Waals surface area (Å²) in [5.41, 5.74) is 0.622. The lowest BCUT2D eigenvalue weighted by atomic mass is 10.3. The fraction of sp³-hybridized carbons (Fsp3) is 0.625. The van der Waals surface area contributed by atoms with Crippen molar-refractivity contribution in [1.82, 2.24) is 11.1 Å². The maximum atomic E-state index is 11.0. The predicted octanol–water partition coefficient (Wildman–Crippen LogP) is 1.60. The summed E-state index contributed by atoms with van der Waals surface area (Å²) in [6.07, 6.45) is 1.73. The Bertz CT molecular complexity index is 170. The molecule has 0 aliphatic heterocycles. The van der Waals surface area contributed by atoms with E-state index in [1.165, 1.54) is 0 Å². The zero-order valence-corrected chi connectivity index (χ0v) is 9.48. The molecule has 0 fully saturated rings. The summed E-state index contributed by atoms with van der Waals surface area (Å²) in [5, 5.41) is 0. The van der Waals surface area contributed by atoms with Crippen molar-refractivity contribution in [2.45, 2.75) is 13.8 Å². The number of carbonyl (C=O) groups excluding carboxylic acids is 1. The van der Waals surface area contributed by atoms with Gasteiger partial charge in [0.15, 0.2) is 0 Å². The first-order chi connectivity index (χ1) is 5.07. The molecule has 3 N–H and O–H groups in total. The number of esters is 1. The van der Waals surface area contributed by atoms with E-state index in [1.54, 1.807) is 20.0 Å². The molecular formula is C8H19ClN2O2. The number of rotatable bonds is 3. The molecule has 0 radical (unpaired) electrons. The van der Waals surface area contributed by atoms with Crippen LogP contribution in [0.1, 0.15) is 13.8 Å². The van der Waals surface area contributed by atoms with Crippen LogP contribution in [0.2, 0.25) is 0 Å². The summed E-state index contributed by atoms with van der Waals surface area (Å²) in [7, 11) is 3.73.